The molecule has 24 heavy (non-hydrogen) atoms. The Morgan fingerprint density at radius 2 is 1.96 bits per heavy atom. The highest BCUT2D eigenvalue weighted by atomic mass is 28.4. The Morgan fingerprint density at radius 3 is 2.46 bits per heavy atom. The molecule has 5 atom stereocenters. The van der Waals surface area contributed by atoms with Crippen molar-refractivity contribution in [1.82, 2.24) is 0 Å². The summed E-state index contributed by atoms with van der Waals surface area (Å²) < 4.78 is 17.2. The Hall–Kier alpha value is -1.14. The van der Waals surface area contributed by atoms with Crippen molar-refractivity contribution >= 4 is 20.3 Å². The van der Waals surface area contributed by atoms with Crippen molar-refractivity contribution in [1.29, 1.82) is 0 Å². The van der Waals surface area contributed by atoms with Crippen LogP contribution in [0.2, 0.25) is 18.1 Å². The Morgan fingerprint density at radius 1 is 1.38 bits per heavy atom. The predicted octanol–water partition coefficient (Wildman–Crippen LogP) is 3.06. The molecule has 0 aromatic heterocycles. The molecular formula is C18H28O5Si. The molecule has 3 fully saturated rings. The van der Waals surface area contributed by atoms with E-state index in [1.165, 1.54) is 7.11 Å². The van der Waals surface area contributed by atoms with E-state index in [9.17, 15) is 9.59 Å². The minimum atomic E-state index is -2.01. The number of hydrogen-bond acceptors (Lipinski definition) is 5. The van der Waals surface area contributed by atoms with Crippen molar-refractivity contribution in [2.24, 2.45) is 17.3 Å². The van der Waals surface area contributed by atoms with Crippen molar-refractivity contribution in [2.75, 3.05) is 7.11 Å². The molecule has 1 saturated heterocycles. The van der Waals surface area contributed by atoms with Gasteiger partial charge in [0, 0.05) is 18.3 Å². The molecule has 0 amide bonds. The number of rotatable bonds is 3. The fourth-order valence-electron chi connectivity index (χ4n) is 4.69. The van der Waals surface area contributed by atoms with E-state index in [-0.39, 0.29) is 23.0 Å². The summed E-state index contributed by atoms with van der Waals surface area (Å²) in [5.74, 6) is -1.29. The predicted molar refractivity (Wildman–Crippen MR) is 91.8 cm³/mol. The Balaban J connectivity index is 1.96. The summed E-state index contributed by atoms with van der Waals surface area (Å²) in [6.07, 6.45) is 0.320. The summed E-state index contributed by atoms with van der Waals surface area (Å²) in [5, 5.41) is 0.0783. The second-order valence-corrected chi connectivity index (χ2v) is 13.9. The lowest BCUT2D eigenvalue weighted by atomic mass is 9.50. The zero-order valence-corrected chi connectivity index (χ0v) is 16.7. The van der Waals surface area contributed by atoms with Crippen LogP contribution in [0.25, 0.3) is 0 Å². The normalized spacial score (nSPS) is 40.9. The highest BCUT2D eigenvalue weighted by molar-refractivity contribution is 6.74. The third-order valence-electron chi connectivity index (χ3n) is 6.79. The number of carbonyl (C=O) groups excluding carboxylic acids is 2. The first-order valence-electron chi connectivity index (χ1n) is 8.52. The van der Waals surface area contributed by atoms with Gasteiger partial charge in [-0.1, -0.05) is 27.4 Å². The summed E-state index contributed by atoms with van der Waals surface area (Å²) in [6.45, 7) is 17.2. The number of methoxy groups -OCH3 is 1. The van der Waals surface area contributed by atoms with Crippen LogP contribution in [0, 0.1) is 17.3 Å². The van der Waals surface area contributed by atoms with E-state index in [1.807, 2.05) is 0 Å². The van der Waals surface area contributed by atoms with Crippen molar-refractivity contribution < 1.29 is 23.5 Å². The van der Waals surface area contributed by atoms with E-state index < -0.39 is 31.3 Å². The van der Waals surface area contributed by atoms with Gasteiger partial charge >= 0.3 is 11.9 Å². The van der Waals surface area contributed by atoms with Crippen LogP contribution in [-0.2, 0) is 23.5 Å². The van der Waals surface area contributed by atoms with Crippen LogP contribution >= 0.6 is 0 Å². The fourth-order valence-corrected chi connectivity index (χ4v) is 6.37. The minimum absolute atomic E-state index is 0.0397. The molecule has 5 nitrogen and oxygen atoms in total. The number of carbonyl (C=O) groups is 2. The lowest BCUT2D eigenvalue weighted by Crippen LogP contribution is -2.62. The monoisotopic (exact) mass is 352 g/mol. The quantitative estimate of drug-likeness (QED) is 0.338. The van der Waals surface area contributed by atoms with Gasteiger partial charge in [-0.15, -0.1) is 0 Å². The summed E-state index contributed by atoms with van der Waals surface area (Å²) in [5.41, 5.74) is -1.16. The van der Waals surface area contributed by atoms with Gasteiger partial charge in [0.1, 0.15) is 6.10 Å². The molecule has 0 N–H and O–H groups in total. The molecule has 0 aromatic rings. The Bertz CT molecular complexity index is 624. The Kier molecular flexibility index (Phi) is 3.48. The third-order valence-corrected chi connectivity index (χ3v) is 11.4. The van der Waals surface area contributed by atoms with Gasteiger partial charge < -0.3 is 13.9 Å². The number of ether oxygens (including phenoxy) is 2. The van der Waals surface area contributed by atoms with Gasteiger partial charge in [0.25, 0.3) is 0 Å². The highest BCUT2D eigenvalue weighted by Crippen LogP contribution is 2.71. The van der Waals surface area contributed by atoms with Crippen molar-refractivity contribution in [3.8, 4) is 0 Å². The molecule has 0 spiro atoms. The van der Waals surface area contributed by atoms with Crippen LogP contribution in [0.3, 0.4) is 0 Å². The first kappa shape index (κ1) is 17.7. The van der Waals surface area contributed by atoms with E-state index in [0.29, 0.717) is 12.0 Å². The molecule has 6 heteroatoms. The maximum atomic E-state index is 12.4. The molecule has 0 bridgehead atoms. The van der Waals surface area contributed by atoms with E-state index in [2.05, 4.69) is 47.4 Å². The molecule has 0 aromatic carbocycles. The summed E-state index contributed by atoms with van der Waals surface area (Å²) in [7, 11) is -0.707. The van der Waals surface area contributed by atoms with E-state index in [1.54, 1.807) is 0 Å². The van der Waals surface area contributed by atoms with Gasteiger partial charge in [0.2, 0.25) is 0 Å². The number of hydrogen-bond donors (Lipinski definition) is 0. The summed E-state index contributed by atoms with van der Waals surface area (Å²) in [6, 6.07) is 0. The van der Waals surface area contributed by atoms with Crippen LogP contribution < -0.4 is 0 Å². The van der Waals surface area contributed by atoms with Crippen molar-refractivity contribution in [3.63, 3.8) is 0 Å². The lowest BCUT2D eigenvalue weighted by molar-refractivity contribution is -0.170. The standard InChI is InChI=1S/C18H28O5Si/c1-10-12-13-11(22-15(20)18(10,13)14(19)21-6)9-17(12,5)23-24(7,8)16(2,3)4/h11-13H,1,9H2,2-8H3/t11-,12-,13-,17-,18+/m0/s1. The molecule has 0 radical (unpaired) electrons. The second kappa shape index (κ2) is 4.73. The zero-order chi connectivity index (χ0) is 18.3. The van der Waals surface area contributed by atoms with Gasteiger partial charge in [-0.2, -0.15) is 0 Å². The van der Waals surface area contributed by atoms with E-state index >= 15 is 0 Å². The van der Waals surface area contributed by atoms with Gasteiger partial charge in [0.15, 0.2) is 13.7 Å². The van der Waals surface area contributed by atoms with Crippen LogP contribution in [0.1, 0.15) is 34.1 Å². The number of esters is 2. The summed E-state index contributed by atoms with van der Waals surface area (Å²) >= 11 is 0. The molecule has 3 rings (SSSR count). The second-order valence-electron chi connectivity index (χ2n) is 9.15. The molecule has 1 heterocycles. The average Bonchev–Trinajstić information content (AvgIpc) is 2.78. The third kappa shape index (κ3) is 1.84. The fraction of sp³-hybridized carbons (Fsp3) is 0.778. The minimum Gasteiger partial charge on any atom is -0.468 e. The average molecular weight is 353 g/mol. The highest BCUT2D eigenvalue weighted by Gasteiger charge is 2.82. The first-order valence-corrected chi connectivity index (χ1v) is 11.4. The maximum Gasteiger partial charge on any atom is 0.328 e. The van der Waals surface area contributed by atoms with Gasteiger partial charge in [0.05, 0.1) is 12.7 Å². The van der Waals surface area contributed by atoms with Gasteiger partial charge in [-0.05, 0) is 30.6 Å². The van der Waals surface area contributed by atoms with Crippen molar-refractivity contribution in [2.45, 2.75) is 64.0 Å². The smallest absolute Gasteiger partial charge is 0.328 e. The van der Waals surface area contributed by atoms with Crippen molar-refractivity contribution in [3.05, 3.63) is 12.2 Å². The van der Waals surface area contributed by atoms with E-state index in [0.717, 1.165) is 0 Å². The topological polar surface area (TPSA) is 61.8 Å². The largest absolute Gasteiger partial charge is 0.468 e. The van der Waals surface area contributed by atoms with Crippen LogP contribution in [0.5, 0.6) is 0 Å². The maximum absolute atomic E-state index is 12.4. The molecule has 134 valence electrons. The SMILES string of the molecule is C=C1[C@H]2[C@@H]3[C@H](C[C@]2(C)O[Si](C)(C)C(C)(C)C)OC(=O)[C@]13C(=O)OC. The molecule has 2 aliphatic carbocycles. The van der Waals surface area contributed by atoms with Crippen LogP contribution in [0.15, 0.2) is 12.2 Å². The van der Waals surface area contributed by atoms with Crippen LogP contribution in [-0.4, -0.2) is 39.1 Å². The van der Waals surface area contributed by atoms with Gasteiger partial charge in [-0.3, -0.25) is 9.59 Å². The van der Waals surface area contributed by atoms with Crippen LogP contribution in [0.4, 0.5) is 0 Å². The Labute approximate surface area is 144 Å². The van der Waals surface area contributed by atoms with Gasteiger partial charge in [-0.25, -0.2) is 0 Å². The summed E-state index contributed by atoms with van der Waals surface area (Å²) in [4.78, 5) is 24.8. The van der Waals surface area contributed by atoms with E-state index in [4.69, 9.17) is 13.9 Å². The first-order chi connectivity index (χ1) is 10.8. The molecule has 1 aliphatic heterocycles. The molecule has 0 unspecified atom stereocenters. The lowest BCUT2D eigenvalue weighted by Gasteiger charge is -2.53. The molecule has 2 saturated carbocycles. The molecule has 3 aliphatic rings. The molecular weight excluding hydrogens is 324 g/mol. The zero-order valence-electron chi connectivity index (χ0n) is 15.7.